The Hall–Kier alpha value is -1.36. The van der Waals surface area contributed by atoms with Crippen molar-refractivity contribution in [2.75, 3.05) is 13.2 Å². The Labute approximate surface area is 114 Å². The number of rotatable bonds is 5. The van der Waals surface area contributed by atoms with Crippen LogP contribution in [0.25, 0.3) is 0 Å². The SMILES string of the molecule is CCOC(=O)C1CCCN1Cc1cc(CC)nn1C. The van der Waals surface area contributed by atoms with Crippen molar-refractivity contribution >= 4 is 5.97 Å². The fraction of sp³-hybridized carbons (Fsp3) is 0.714. The highest BCUT2D eigenvalue weighted by atomic mass is 16.5. The van der Waals surface area contributed by atoms with Gasteiger partial charge in [0.15, 0.2) is 0 Å². The van der Waals surface area contributed by atoms with Gasteiger partial charge in [0.1, 0.15) is 6.04 Å². The normalized spacial score (nSPS) is 19.8. The zero-order chi connectivity index (χ0) is 13.8. The number of carbonyl (C=O) groups is 1. The Kier molecular flexibility index (Phi) is 4.58. The maximum atomic E-state index is 11.9. The van der Waals surface area contributed by atoms with Crippen molar-refractivity contribution in [2.24, 2.45) is 7.05 Å². The van der Waals surface area contributed by atoms with E-state index in [4.69, 9.17) is 4.74 Å². The maximum absolute atomic E-state index is 11.9. The summed E-state index contributed by atoms with van der Waals surface area (Å²) in [7, 11) is 1.96. The Morgan fingerprint density at radius 2 is 2.32 bits per heavy atom. The molecule has 0 radical (unpaired) electrons. The quantitative estimate of drug-likeness (QED) is 0.757. The highest BCUT2D eigenvalue weighted by Gasteiger charge is 2.32. The van der Waals surface area contributed by atoms with Gasteiger partial charge >= 0.3 is 5.97 Å². The molecule has 0 saturated carbocycles. The lowest BCUT2D eigenvalue weighted by atomic mass is 10.2. The molecule has 1 unspecified atom stereocenters. The maximum Gasteiger partial charge on any atom is 0.323 e. The first-order valence-corrected chi connectivity index (χ1v) is 7.08. The highest BCUT2D eigenvalue weighted by Crippen LogP contribution is 2.21. The third-order valence-electron chi connectivity index (χ3n) is 3.68. The molecule has 0 spiro atoms. The minimum atomic E-state index is -0.0853. The summed E-state index contributed by atoms with van der Waals surface area (Å²) in [6.07, 6.45) is 2.90. The van der Waals surface area contributed by atoms with Crippen LogP contribution in [-0.2, 0) is 29.5 Å². The van der Waals surface area contributed by atoms with Crippen LogP contribution in [0.3, 0.4) is 0 Å². The third kappa shape index (κ3) is 3.15. The molecular formula is C14H23N3O2. The van der Waals surface area contributed by atoms with E-state index in [1.165, 1.54) is 0 Å². The summed E-state index contributed by atoms with van der Waals surface area (Å²) in [5.74, 6) is -0.0853. The molecule has 1 saturated heterocycles. The van der Waals surface area contributed by atoms with Crippen LogP contribution in [0.2, 0.25) is 0 Å². The number of likely N-dealkylation sites (tertiary alicyclic amines) is 1. The number of hydrogen-bond acceptors (Lipinski definition) is 4. The van der Waals surface area contributed by atoms with E-state index < -0.39 is 0 Å². The molecular weight excluding hydrogens is 242 g/mol. The van der Waals surface area contributed by atoms with Crippen LogP contribution >= 0.6 is 0 Å². The summed E-state index contributed by atoms with van der Waals surface area (Å²) >= 11 is 0. The summed E-state index contributed by atoms with van der Waals surface area (Å²) in [4.78, 5) is 14.1. The predicted molar refractivity (Wildman–Crippen MR) is 72.7 cm³/mol. The van der Waals surface area contributed by atoms with Crippen LogP contribution in [0.1, 0.15) is 38.1 Å². The second-order valence-corrected chi connectivity index (χ2v) is 4.98. The van der Waals surface area contributed by atoms with E-state index in [2.05, 4.69) is 23.0 Å². The fourth-order valence-electron chi connectivity index (χ4n) is 2.62. The minimum absolute atomic E-state index is 0.0834. The first kappa shape index (κ1) is 14.1. The van der Waals surface area contributed by atoms with Crippen LogP contribution < -0.4 is 0 Å². The molecule has 1 aliphatic rings. The summed E-state index contributed by atoms with van der Waals surface area (Å²) < 4.78 is 7.06. The van der Waals surface area contributed by atoms with Gasteiger partial charge in [-0.25, -0.2) is 0 Å². The number of carbonyl (C=O) groups excluding carboxylic acids is 1. The van der Waals surface area contributed by atoms with Crippen LogP contribution in [-0.4, -0.2) is 39.8 Å². The van der Waals surface area contributed by atoms with E-state index in [-0.39, 0.29) is 12.0 Å². The van der Waals surface area contributed by atoms with Gasteiger partial charge in [0.25, 0.3) is 0 Å². The Bertz CT molecular complexity index is 442. The lowest BCUT2D eigenvalue weighted by Crippen LogP contribution is -2.37. The molecule has 1 atom stereocenters. The van der Waals surface area contributed by atoms with Crippen molar-refractivity contribution in [2.45, 2.75) is 45.7 Å². The molecule has 2 rings (SSSR count). The average Bonchev–Trinajstić information content (AvgIpc) is 2.98. The molecule has 1 fully saturated rings. The molecule has 1 aliphatic heterocycles. The van der Waals surface area contributed by atoms with E-state index in [1.54, 1.807) is 0 Å². The lowest BCUT2D eigenvalue weighted by molar-refractivity contribution is -0.148. The molecule has 1 aromatic rings. The fourth-order valence-corrected chi connectivity index (χ4v) is 2.62. The van der Waals surface area contributed by atoms with Crippen molar-refractivity contribution in [1.82, 2.24) is 14.7 Å². The lowest BCUT2D eigenvalue weighted by Gasteiger charge is -2.22. The zero-order valence-corrected chi connectivity index (χ0v) is 12.1. The van der Waals surface area contributed by atoms with Crippen LogP contribution in [0.15, 0.2) is 6.07 Å². The molecule has 5 heteroatoms. The van der Waals surface area contributed by atoms with E-state index >= 15 is 0 Å². The van der Waals surface area contributed by atoms with Crippen molar-refractivity contribution in [3.8, 4) is 0 Å². The number of hydrogen-bond donors (Lipinski definition) is 0. The first-order chi connectivity index (χ1) is 9.15. The minimum Gasteiger partial charge on any atom is -0.465 e. The summed E-state index contributed by atoms with van der Waals surface area (Å²) in [5.41, 5.74) is 2.26. The van der Waals surface area contributed by atoms with Crippen LogP contribution in [0.4, 0.5) is 0 Å². The van der Waals surface area contributed by atoms with E-state index in [1.807, 2.05) is 18.7 Å². The number of ether oxygens (including phenoxy) is 1. The van der Waals surface area contributed by atoms with Gasteiger partial charge in [0.05, 0.1) is 18.0 Å². The molecule has 2 heterocycles. The topological polar surface area (TPSA) is 47.4 Å². The number of aryl methyl sites for hydroxylation is 2. The summed E-state index contributed by atoms with van der Waals surface area (Å²) in [5, 5.41) is 4.45. The molecule has 0 N–H and O–H groups in total. The van der Waals surface area contributed by atoms with Crippen molar-refractivity contribution in [1.29, 1.82) is 0 Å². The zero-order valence-electron chi connectivity index (χ0n) is 12.1. The Balaban J connectivity index is 2.04. The number of nitrogens with zero attached hydrogens (tertiary/aromatic N) is 3. The second-order valence-electron chi connectivity index (χ2n) is 4.98. The molecule has 0 aromatic carbocycles. The molecule has 19 heavy (non-hydrogen) atoms. The van der Waals surface area contributed by atoms with E-state index in [0.29, 0.717) is 6.61 Å². The largest absolute Gasteiger partial charge is 0.465 e. The van der Waals surface area contributed by atoms with Crippen molar-refractivity contribution in [3.05, 3.63) is 17.5 Å². The standard InChI is InChI=1S/C14H23N3O2/c1-4-11-9-12(16(3)15-11)10-17-8-6-7-13(17)14(18)19-5-2/h9,13H,4-8,10H2,1-3H3. The van der Waals surface area contributed by atoms with Gasteiger partial charge in [-0.15, -0.1) is 0 Å². The first-order valence-electron chi connectivity index (χ1n) is 7.08. The predicted octanol–water partition coefficient (Wildman–Crippen LogP) is 1.51. The van der Waals surface area contributed by atoms with Crippen LogP contribution in [0, 0.1) is 0 Å². The smallest absolute Gasteiger partial charge is 0.323 e. The van der Waals surface area contributed by atoms with Gasteiger partial charge in [-0.05, 0) is 38.8 Å². The van der Waals surface area contributed by atoms with Gasteiger partial charge in [0, 0.05) is 13.6 Å². The molecule has 1 aromatic heterocycles. The third-order valence-corrected chi connectivity index (χ3v) is 3.68. The van der Waals surface area contributed by atoms with Gasteiger partial charge in [-0.2, -0.15) is 5.10 Å². The number of aromatic nitrogens is 2. The molecule has 106 valence electrons. The van der Waals surface area contributed by atoms with Crippen LogP contribution in [0.5, 0.6) is 0 Å². The van der Waals surface area contributed by atoms with Gasteiger partial charge in [-0.1, -0.05) is 6.92 Å². The summed E-state index contributed by atoms with van der Waals surface area (Å²) in [6.45, 7) is 6.13. The average molecular weight is 265 g/mol. The Morgan fingerprint density at radius 1 is 1.53 bits per heavy atom. The van der Waals surface area contributed by atoms with Gasteiger partial charge < -0.3 is 4.74 Å². The van der Waals surface area contributed by atoms with E-state index in [9.17, 15) is 4.79 Å². The summed E-state index contributed by atoms with van der Waals surface area (Å²) in [6, 6.07) is 2.04. The monoisotopic (exact) mass is 265 g/mol. The molecule has 0 amide bonds. The number of esters is 1. The van der Waals surface area contributed by atoms with Crippen molar-refractivity contribution < 1.29 is 9.53 Å². The second kappa shape index (κ2) is 6.19. The van der Waals surface area contributed by atoms with E-state index in [0.717, 1.165) is 43.7 Å². The molecule has 0 bridgehead atoms. The highest BCUT2D eigenvalue weighted by molar-refractivity contribution is 5.76. The molecule has 5 nitrogen and oxygen atoms in total. The Morgan fingerprint density at radius 3 is 2.95 bits per heavy atom. The molecule has 0 aliphatic carbocycles. The van der Waals surface area contributed by atoms with Gasteiger partial charge in [-0.3, -0.25) is 14.4 Å². The van der Waals surface area contributed by atoms with Crippen molar-refractivity contribution in [3.63, 3.8) is 0 Å². The van der Waals surface area contributed by atoms with Gasteiger partial charge in [0.2, 0.25) is 0 Å².